The molecule has 1 saturated heterocycles. The Morgan fingerprint density at radius 1 is 1.03 bits per heavy atom. The molecule has 0 radical (unpaired) electrons. The summed E-state index contributed by atoms with van der Waals surface area (Å²) in [6, 6.07) is 15.0. The zero-order valence-corrected chi connectivity index (χ0v) is 22.8. The van der Waals surface area contributed by atoms with Crippen LogP contribution in [0.15, 0.2) is 57.8 Å². The first-order valence-electron chi connectivity index (χ1n) is 13.3. The van der Waals surface area contributed by atoms with Gasteiger partial charge in [-0.05, 0) is 70.1 Å². The smallest absolute Gasteiger partial charge is 0.254 e. The average molecular weight is 530 g/mol. The quantitative estimate of drug-likeness (QED) is 0.452. The lowest BCUT2D eigenvalue weighted by Gasteiger charge is -2.40. The van der Waals surface area contributed by atoms with Gasteiger partial charge in [0.15, 0.2) is 0 Å². The molecule has 1 spiro atoms. The average Bonchev–Trinajstić information content (AvgIpc) is 3.21. The maximum atomic E-state index is 14.2. The largest absolute Gasteiger partial charge is 0.334 e. The van der Waals surface area contributed by atoms with Crippen LogP contribution < -0.4 is 0 Å². The van der Waals surface area contributed by atoms with E-state index in [0.717, 1.165) is 23.1 Å². The maximum absolute atomic E-state index is 14.2. The molecule has 2 aromatic carbocycles. The molecule has 0 unspecified atom stereocenters. The number of carbonyl (C=O) groups is 1. The van der Waals surface area contributed by atoms with Crippen LogP contribution in [0.4, 0.5) is 8.78 Å². The Bertz CT molecular complexity index is 1260. The maximum Gasteiger partial charge on any atom is 0.254 e. The summed E-state index contributed by atoms with van der Waals surface area (Å²) < 4.78 is 48.5. The van der Waals surface area contributed by atoms with Gasteiger partial charge in [0.05, 0.1) is 4.90 Å². The topological polar surface area (TPSA) is 53.0 Å². The van der Waals surface area contributed by atoms with E-state index in [-0.39, 0.29) is 18.4 Å². The van der Waals surface area contributed by atoms with Crippen molar-refractivity contribution in [2.24, 2.45) is 9.78 Å². The number of halogens is 2. The summed E-state index contributed by atoms with van der Waals surface area (Å²) in [6.07, 6.45) is 3.38. The van der Waals surface area contributed by atoms with Gasteiger partial charge < -0.3 is 4.90 Å². The van der Waals surface area contributed by atoms with Crippen LogP contribution >= 0.6 is 0 Å². The minimum atomic E-state index is -2.95. The van der Waals surface area contributed by atoms with Gasteiger partial charge in [-0.3, -0.25) is 4.79 Å². The summed E-state index contributed by atoms with van der Waals surface area (Å²) >= 11 is 0. The Hall–Kier alpha value is -2.32. The zero-order valence-electron chi connectivity index (χ0n) is 22.0. The van der Waals surface area contributed by atoms with Crippen molar-refractivity contribution in [2.75, 3.05) is 13.6 Å². The second-order valence-electron chi connectivity index (χ2n) is 11.1. The van der Waals surface area contributed by atoms with E-state index in [1.807, 2.05) is 67.3 Å². The van der Waals surface area contributed by atoms with E-state index >= 15 is 0 Å². The van der Waals surface area contributed by atoms with Gasteiger partial charge in [-0.15, -0.1) is 0 Å². The molecule has 0 bridgehead atoms. The van der Waals surface area contributed by atoms with Crippen LogP contribution in [0.2, 0.25) is 0 Å². The summed E-state index contributed by atoms with van der Waals surface area (Å²) in [7, 11) is -1.39. The number of hydrogen-bond acceptors (Lipinski definition) is 3. The number of carbonyl (C=O) groups excluding carboxylic acids is 1. The molecular weight excluding hydrogens is 492 g/mol. The van der Waals surface area contributed by atoms with Crippen LogP contribution in [0.3, 0.4) is 0 Å². The van der Waals surface area contributed by atoms with Gasteiger partial charge in [0.25, 0.3) is 5.92 Å². The predicted molar refractivity (Wildman–Crippen MR) is 142 cm³/mol. The number of alkyl halides is 2. The first-order chi connectivity index (χ1) is 17.6. The molecule has 1 amide bonds. The Kier molecular flexibility index (Phi) is 6.94. The van der Waals surface area contributed by atoms with Gasteiger partial charge in [-0.25, -0.2) is 21.7 Å². The minimum absolute atomic E-state index is 0.0222. The molecular formula is C29H37F2N3O2S. The third-order valence-corrected chi connectivity index (χ3v) is 11.2. The second kappa shape index (κ2) is 9.77. The molecule has 200 valence electrons. The number of rotatable bonds is 6. The molecule has 3 aliphatic rings. The monoisotopic (exact) mass is 529 g/mol. The summed E-state index contributed by atoms with van der Waals surface area (Å²) in [5, 5.41) is 0. The number of benzene rings is 2. The number of aryl methyl sites for hydroxylation is 2. The lowest BCUT2D eigenvalue weighted by Crippen LogP contribution is -2.51. The molecule has 2 atom stereocenters. The van der Waals surface area contributed by atoms with Crippen molar-refractivity contribution < 1.29 is 17.8 Å². The van der Waals surface area contributed by atoms with Crippen molar-refractivity contribution in [1.82, 2.24) is 9.21 Å². The zero-order chi connectivity index (χ0) is 26.4. The molecule has 0 N–H and O–H groups in total. The Morgan fingerprint density at radius 3 is 2.14 bits per heavy atom. The lowest BCUT2D eigenvalue weighted by atomic mass is 9.82. The summed E-state index contributed by atoms with van der Waals surface area (Å²) in [6.45, 7) is 4.95. The van der Waals surface area contributed by atoms with Gasteiger partial charge in [0.2, 0.25) is 5.91 Å². The second-order valence-corrected chi connectivity index (χ2v) is 13.4. The molecule has 8 heteroatoms. The lowest BCUT2D eigenvalue weighted by molar-refractivity contribution is -0.139. The number of amides is 1. The van der Waals surface area contributed by atoms with Gasteiger partial charge >= 0.3 is 0 Å². The van der Waals surface area contributed by atoms with E-state index in [4.69, 9.17) is 0 Å². The highest BCUT2D eigenvalue weighted by molar-refractivity contribution is 7.91. The first-order valence-corrected chi connectivity index (χ1v) is 14.8. The molecule has 1 heterocycles. The molecule has 5 nitrogen and oxygen atoms in total. The molecule has 3 fully saturated rings. The van der Waals surface area contributed by atoms with Crippen molar-refractivity contribution >= 4 is 15.8 Å². The fourth-order valence-electron chi connectivity index (χ4n) is 6.20. The Morgan fingerprint density at radius 2 is 1.59 bits per heavy atom. The van der Waals surface area contributed by atoms with Crippen molar-refractivity contribution in [2.45, 2.75) is 88.2 Å². The van der Waals surface area contributed by atoms with Crippen LogP contribution in [0.25, 0.3) is 0 Å². The van der Waals surface area contributed by atoms with Gasteiger partial charge in [0.1, 0.15) is 16.0 Å². The molecule has 0 aromatic heterocycles. The normalized spacial score (nSPS) is 28.6. The third kappa shape index (κ3) is 4.83. The third-order valence-electron chi connectivity index (χ3n) is 8.70. The van der Waals surface area contributed by atoms with E-state index in [9.17, 15) is 17.8 Å². The van der Waals surface area contributed by atoms with Crippen molar-refractivity contribution in [3.05, 3.63) is 65.2 Å². The van der Waals surface area contributed by atoms with Gasteiger partial charge in [0, 0.05) is 38.0 Å². The number of hydrogen-bond donors (Lipinski definition) is 0. The SMILES string of the molecule is CN=[S@](=O)(c1ccc(C)cc1)N1CCC[C@H]1C(=O)N(Cc1ccc(C)cc1)C1CCC2(CC1)CC2(F)F. The standard InChI is InChI=1S/C29H37F2N3O2S/c1-21-6-10-23(11-7-21)19-33(24-14-16-28(17-15-24)20-29(28,30)31)27(35)26-5-4-18-34(26)37(36,32-3)25-12-8-22(2)9-13-25/h6-13,24,26H,4-5,14-20H2,1-3H3/t24?,26-,28?,37+/m0/s1. The van der Waals surface area contributed by atoms with Crippen LogP contribution in [-0.2, 0) is 21.3 Å². The fraction of sp³-hybridized carbons (Fsp3) is 0.552. The predicted octanol–water partition coefficient (Wildman–Crippen LogP) is 6.14. The van der Waals surface area contributed by atoms with Gasteiger partial charge in [-0.2, -0.15) is 0 Å². The first kappa shape index (κ1) is 26.3. The van der Waals surface area contributed by atoms with Crippen LogP contribution in [0, 0.1) is 19.3 Å². The highest BCUT2D eigenvalue weighted by atomic mass is 32.2. The summed E-state index contributed by atoms with van der Waals surface area (Å²) in [4.78, 5) is 16.8. The molecule has 5 rings (SSSR count). The van der Waals surface area contributed by atoms with E-state index < -0.39 is 27.3 Å². The molecule has 2 aromatic rings. The molecule has 1 aliphatic heterocycles. The van der Waals surface area contributed by atoms with E-state index in [2.05, 4.69) is 4.36 Å². The highest BCUT2D eigenvalue weighted by Crippen LogP contribution is 2.67. The molecule has 2 saturated carbocycles. The molecule has 2 aliphatic carbocycles. The van der Waals surface area contributed by atoms with Crippen molar-refractivity contribution in [3.8, 4) is 0 Å². The minimum Gasteiger partial charge on any atom is -0.334 e. The van der Waals surface area contributed by atoms with Crippen LogP contribution in [0.1, 0.15) is 61.6 Å². The molecule has 37 heavy (non-hydrogen) atoms. The van der Waals surface area contributed by atoms with Crippen LogP contribution in [-0.4, -0.2) is 50.9 Å². The van der Waals surface area contributed by atoms with Crippen molar-refractivity contribution in [1.29, 1.82) is 0 Å². The van der Waals surface area contributed by atoms with Crippen LogP contribution in [0.5, 0.6) is 0 Å². The Labute approximate surface area is 219 Å². The summed E-state index contributed by atoms with van der Waals surface area (Å²) in [5.74, 6) is -2.63. The van der Waals surface area contributed by atoms with Crippen molar-refractivity contribution in [3.63, 3.8) is 0 Å². The number of nitrogens with zero attached hydrogens (tertiary/aromatic N) is 3. The van der Waals surface area contributed by atoms with Gasteiger partial charge in [-0.1, -0.05) is 47.5 Å². The van der Waals surface area contributed by atoms with E-state index in [1.54, 1.807) is 11.4 Å². The Balaban J connectivity index is 1.43. The summed E-state index contributed by atoms with van der Waals surface area (Å²) in [5.41, 5.74) is 2.36. The van der Waals surface area contributed by atoms with E-state index in [1.165, 1.54) is 0 Å². The fourth-order valence-corrected chi connectivity index (χ4v) is 8.30. The van der Waals surface area contributed by atoms with E-state index in [0.29, 0.717) is 50.1 Å². The highest BCUT2D eigenvalue weighted by Gasteiger charge is 2.70.